The van der Waals surface area contributed by atoms with Crippen LogP contribution in [0.3, 0.4) is 0 Å². The molecule has 0 radical (unpaired) electrons. The average molecular weight is 717 g/mol. The highest BCUT2D eigenvalue weighted by atomic mass is 35.5. The minimum atomic E-state index is -0.929. The molecule has 0 spiro atoms. The van der Waals surface area contributed by atoms with E-state index in [1.165, 1.54) is 11.3 Å². The lowest BCUT2D eigenvalue weighted by Gasteiger charge is -2.36. The third-order valence-electron chi connectivity index (χ3n) is 10.6. The van der Waals surface area contributed by atoms with E-state index in [-0.39, 0.29) is 56.0 Å². The molecule has 3 aliphatic rings. The van der Waals surface area contributed by atoms with Crippen LogP contribution in [-0.4, -0.2) is 106 Å². The molecule has 1 saturated carbocycles. The number of hydrogen-bond acceptors (Lipinski definition) is 7. The standard InChI is InChI=1S/C37H56N6O6.ClH/c1-37(2)33(48-25-49-37)22-32(44)29(19-26-13-7-4-8-14-26)40-34(45)31(21-28-23-38-24-39-28)42(3)35(46)30(20-27-15-9-5-10-16-27)41-36(47)43-17-11-6-12-18-43;/h5,9-10,15-16,23-24,26,29-33,44H,4,6-8,11-14,17-22,25H2,1-3H3,(H,38,39)(H,40,45)(H,41,47);1H/t29-,30-,31-,32-,33-;/m0./s1. The Morgan fingerprint density at radius 2 is 1.72 bits per heavy atom. The van der Waals surface area contributed by atoms with Gasteiger partial charge >= 0.3 is 6.03 Å². The smallest absolute Gasteiger partial charge is 0.318 e. The van der Waals surface area contributed by atoms with E-state index in [1.807, 2.05) is 44.2 Å². The number of piperidine rings is 1. The summed E-state index contributed by atoms with van der Waals surface area (Å²) in [6.07, 6.45) is 12.0. The largest absolute Gasteiger partial charge is 0.391 e. The molecule has 3 fully saturated rings. The number of aromatic amines is 1. The number of aliphatic hydroxyl groups excluding tert-OH is 1. The van der Waals surface area contributed by atoms with E-state index in [0.717, 1.165) is 50.5 Å². The van der Waals surface area contributed by atoms with Crippen molar-refractivity contribution in [2.45, 2.75) is 127 Å². The van der Waals surface area contributed by atoms with Gasteiger partial charge in [-0.05, 0) is 51.0 Å². The molecule has 2 saturated heterocycles. The number of imidazole rings is 1. The summed E-state index contributed by atoms with van der Waals surface area (Å²) in [6, 6.07) is 6.96. The highest BCUT2D eigenvalue weighted by Gasteiger charge is 2.41. The molecule has 50 heavy (non-hydrogen) atoms. The van der Waals surface area contributed by atoms with Crippen LogP contribution >= 0.6 is 12.4 Å². The summed E-state index contributed by atoms with van der Waals surface area (Å²) in [7, 11) is 1.62. The van der Waals surface area contributed by atoms with Crippen molar-refractivity contribution >= 4 is 30.3 Å². The molecule has 3 heterocycles. The van der Waals surface area contributed by atoms with E-state index >= 15 is 0 Å². The number of likely N-dealkylation sites (tertiary alicyclic amines) is 1. The summed E-state index contributed by atoms with van der Waals surface area (Å²) < 4.78 is 11.6. The molecule has 13 heteroatoms. The van der Waals surface area contributed by atoms with Crippen molar-refractivity contribution < 1.29 is 29.0 Å². The third-order valence-corrected chi connectivity index (χ3v) is 10.6. The number of hydrogen-bond donors (Lipinski definition) is 4. The number of amides is 4. The fraction of sp³-hybridized carbons (Fsp3) is 0.676. The predicted octanol–water partition coefficient (Wildman–Crippen LogP) is 4.37. The van der Waals surface area contributed by atoms with Crippen LogP contribution in [0.2, 0.25) is 0 Å². The molecule has 4 N–H and O–H groups in total. The maximum absolute atomic E-state index is 14.4. The predicted molar refractivity (Wildman–Crippen MR) is 193 cm³/mol. The van der Waals surface area contributed by atoms with Crippen LogP contribution in [0.1, 0.15) is 89.3 Å². The Morgan fingerprint density at radius 1 is 1.02 bits per heavy atom. The van der Waals surface area contributed by atoms with Gasteiger partial charge in [0.15, 0.2) is 0 Å². The monoisotopic (exact) mass is 716 g/mol. The first-order valence-electron chi connectivity index (χ1n) is 18.2. The zero-order chi connectivity index (χ0) is 34.8. The van der Waals surface area contributed by atoms with Gasteiger partial charge in [0.25, 0.3) is 0 Å². The van der Waals surface area contributed by atoms with E-state index in [0.29, 0.717) is 37.5 Å². The Labute approximate surface area is 302 Å². The van der Waals surface area contributed by atoms with Crippen LogP contribution < -0.4 is 10.6 Å². The van der Waals surface area contributed by atoms with Crippen LogP contribution in [0.25, 0.3) is 0 Å². The third kappa shape index (κ3) is 10.9. The molecule has 12 nitrogen and oxygen atoms in total. The topological polar surface area (TPSA) is 149 Å². The first kappa shape index (κ1) is 39.6. The summed E-state index contributed by atoms with van der Waals surface area (Å²) in [6.45, 7) is 5.37. The first-order valence-corrected chi connectivity index (χ1v) is 18.2. The summed E-state index contributed by atoms with van der Waals surface area (Å²) in [5, 5.41) is 17.8. The minimum Gasteiger partial charge on any atom is -0.391 e. The number of aliphatic hydroxyl groups is 1. The van der Waals surface area contributed by atoms with Crippen LogP contribution in [0, 0.1) is 5.92 Å². The number of H-pyrrole nitrogens is 1. The zero-order valence-corrected chi connectivity index (χ0v) is 30.7. The maximum atomic E-state index is 14.4. The van der Waals surface area contributed by atoms with Crippen molar-refractivity contribution in [3.05, 3.63) is 54.1 Å². The number of nitrogens with one attached hydrogen (secondary N) is 3. The van der Waals surface area contributed by atoms with E-state index in [1.54, 1.807) is 24.5 Å². The van der Waals surface area contributed by atoms with Crippen molar-refractivity contribution in [1.82, 2.24) is 30.4 Å². The molecular formula is C37H57ClN6O6. The molecule has 2 aliphatic heterocycles. The number of halogens is 1. The number of carbonyl (C=O) groups excluding carboxylic acids is 3. The molecule has 0 unspecified atom stereocenters. The molecule has 1 aromatic carbocycles. The van der Waals surface area contributed by atoms with Gasteiger partial charge < -0.3 is 40.0 Å². The van der Waals surface area contributed by atoms with Gasteiger partial charge in [-0.2, -0.15) is 0 Å². The number of rotatable bonds is 14. The fourth-order valence-electron chi connectivity index (χ4n) is 7.47. The van der Waals surface area contributed by atoms with Crippen molar-refractivity contribution in [3.63, 3.8) is 0 Å². The Bertz CT molecular complexity index is 1340. The van der Waals surface area contributed by atoms with Gasteiger partial charge in [0.1, 0.15) is 18.9 Å². The normalized spacial score (nSPS) is 21.7. The number of ether oxygens (including phenoxy) is 2. The van der Waals surface area contributed by atoms with Crippen molar-refractivity contribution in [2.24, 2.45) is 5.92 Å². The van der Waals surface area contributed by atoms with Crippen molar-refractivity contribution in [1.29, 1.82) is 0 Å². The summed E-state index contributed by atoms with van der Waals surface area (Å²) >= 11 is 0. The Kier molecular flexibility index (Phi) is 14.9. The zero-order valence-electron chi connectivity index (χ0n) is 29.9. The second-order valence-corrected chi connectivity index (χ2v) is 14.7. The Hall–Kier alpha value is -3.19. The number of likely N-dealkylation sites (N-methyl/N-ethyl adjacent to an activating group) is 1. The first-order chi connectivity index (χ1) is 23.6. The minimum absolute atomic E-state index is 0. The van der Waals surface area contributed by atoms with E-state index in [2.05, 4.69) is 20.6 Å². The van der Waals surface area contributed by atoms with Gasteiger partial charge in [0, 0.05) is 51.3 Å². The van der Waals surface area contributed by atoms with Gasteiger partial charge in [0.05, 0.1) is 30.2 Å². The SMILES string of the molecule is CN(C(=O)[C@H](Cc1ccccc1)NC(=O)N1CCCCC1)[C@@H](Cc1cnc[nH]1)C(=O)N[C@@H](CC1CCCCC1)[C@@H](O)C[C@@H]1OCOC1(C)C.Cl. The van der Waals surface area contributed by atoms with Gasteiger partial charge in [0.2, 0.25) is 11.8 Å². The lowest BCUT2D eigenvalue weighted by Crippen LogP contribution is -2.59. The second-order valence-electron chi connectivity index (χ2n) is 14.7. The highest BCUT2D eigenvalue weighted by molar-refractivity contribution is 5.92. The number of aromatic nitrogens is 2. The molecule has 5 atom stereocenters. The molecular weight excluding hydrogens is 660 g/mol. The molecule has 2 aromatic rings. The van der Waals surface area contributed by atoms with Crippen LogP contribution in [0.5, 0.6) is 0 Å². The Morgan fingerprint density at radius 3 is 2.36 bits per heavy atom. The number of nitrogens with zero attached hydrogens (tertiary/aromatic N) is 3. The molecule has 5 rings (SSSR count). The van der Waals surface area contributed by atoms with Gasteiger partial charge in [-0.1, -0.05) is 62.4 Å². The Balaban J connectivity index is 0.00000562. The lowest BCUT2D eigenvalue weighted by atomic mass is 9.82. The van der Waals surface area contributed by atoms with E-state index in [9.17, 15) is 19.5 Å². The van der Waals surface area contributed by atoms with Gasteiger partial charge in [-0.15, -0.1) is 12.4 Å². The van der Waals surface area contributed by atoms with Crippen molar-refractivity contribution in [2.75, 3.05) is 26.9 Å². The van der Waals surface area contributed by atoms with Gasteiger partial charge in [-0.25, -0.2) is 9.78 Å². The van der Waals surface area contributed by atoms with Crippen molar-refractivity contribution in [3.8, 4) is 0 Å². The summed E-state index contributed by atoms with van der Waals surface area (Å²) in [5.41, 5.74) is 1.04. The molecule has 1 aromatic heterocycles. The average Bonchev–Trinajstić information content (AvgIpc) is 3.75. The van der Waals surface area contributed by atoms with Gasteiger partial charge in [-0.3, -0.25) is 9.59 Å². The van der Waals surface area contributed by atoms with Crippen LogP contribution in [0.4, 0.5) is 4.79 Å². The van der Waals surface area contributed by atoms with E-state index < -0.39 is 29.8 Å². The number of carbonyl (C=O) groups is 3. The fourth-order valence-corrected chi connectivity index (χ4v) is 7.47. The summed E-state index contributed by atoms with van der Waals surface area (Å²) in [4.78, 5) is 52.6. The summed E-state index contributed by atoms with van der Waals surface area (Å²) in [5.74, 6) is -0.349. The maximum Gasteiger partial charge on any atom is 0.318 e. The molecule has 1 aliphatic carbocycles. The second kappa shape index (κ2) is 18.9. The molecule has 4 amide bonds. The van der Waals surface area contributed by atoms with E-state index in [4.69, 9.17) is 9.47 Å². The van der Waals surface area contributed by atoms with Crippen LogP contribution in [0.15, 0.2) is 42.9 Å². The quantitative estimate of drug-likeness (QED) is 0.227. The molecule has 278 valence electrons. The number of benzene rings is 1. The lowest BCUT2D eigenvalue weighted by molar-refractivity contribution is -0.141. The highest BCUT2D eigenvalue weighted by Crippen LogP contribution is 2.32. The number of urea groups is 1. The van der Waals surface area contributed by atoms with Crippen LogP contribution in [-0.2, 0) is 31.9 Å². The molecule has 0 bridgehead atoms.